The molecule has 0 radical (unpaired) electrons. The van der Waals surface area contributed by atoms with Crippen LogP contribution >= 0.6 is 34.5 Å². The lowest BCUT2D eigenvalue weighted by molar-refractivity contribution is 0.0928. The van der Waals surface area contributed by atoms with Crippen LogP contribution in [0.5, 0.6) is 0 Å². The number of halogens is 2. The molecule has 0 spiro atoms. The van der Waals surface area contributed by atoms with Gasteiger partial charge in [-0.3, -0.25) is 0 Å². The summed E-state index contributed by atoms with van der Waals surface area (Å²) in [6, 6.07) is 1.88. The number of thiophene rings is 1. The van der Waals surface area contributed by atoms with Gasteiger partial charge >= 0.3 is 0 Å². The molecule has 0 aliphatic heterocycles. The lowest BCUT2D eigenvalue weighted by atomic mass is 10.2. The van der Waals surface area contributed by atoms with E-state index in [9.17, 15) is 0 Å². The van der Waals surface area contributed by atoms with E-state index in [2.05, 4.69) is 10.3 Å². The van der Waals surface area contributed by atoms with Gasteiger partial charge in [0.2, 0.25) is 0 Å². The topological polar surface area (TPSA) is 21.3 Å². The number of nitrogens with one attached hydrogen (secondary N) is 1. The fourth-order valence-electron chi connectivity index (χ4n) is 0.833. The van der Waals surface area contributed by atoms with Gasteiger partial charge in [-0.25, -0.2) is 5.48 Å². The normalized spacial score (nSPS) is 10.6. The molecule has 1 rings (SSSR count). The Bertz CT molecular complexity index is 252. The molecule has 0 fully saturated rings. The van der Waals surface area contributed by atoms with E-state index in [1.165, 1.54) is 11.3 Å². The minimum absolute atomic E-state index is 0.729. The maximum Gasteiger partial charge on any atom is 0.0976 e. The van der Waals surface area contributed by atoms with E-state index >= 15 is 0 Å². The molecule has 0 amide bonds. The van der Waals surface area contributed by atoms with Crippen molar-refractivity contribution in [1.29, 1.82) is 0 Å². The summed E-state index contributed by atoms with van der Waals surface area (Å²) in [6.45, 7) is 0.739. The predicted molar refractivity (Wildman–Crippen MR) is 53.1 cm³/mol. The fraction of sp³-hybridized carbons (Fsp3) is 0.429. The summed E-state index contributed by atoms with van der Waals surface area (Å²) in [6.07, 6.45) is 0.829. The summed E-state index contributed by atoms with van der Waals surface area (Å²) in [5.74, 6) is 0. The van der Waals surface area contributed by atoms with Crippen LogP contribution < -0.4 is 5.48 Å². The van der Waals surface area contributed by atoms with Crippen molar-refractivity contribution >= 4 is 34.5 Å². The average Bonchev–Trinajstić information content (AvgIpc) is 2.31. The second-order valence-electron chi connectivity index (χ2n) is 2.20. The van der Waals surface area contributed by atoms with Crippen molar-refractivity contribution < 1.29 is 4.84 Å². The van der Waals surface area contributed by atoms with Crippen molar-refractivity contribution in [3.63, 3.8) is 0 Å². The quantitative estimate of drug-likeness (QED) is 0.629. The van der Waals surface area contributed by atoms with Gasteiger partial charge in [0.25, 0.3) is 0 Å². The average molecular weight is 226 g/mol. The van der Waals surface area contributed by atoms with Gasteiger partial charge in [-0.2, -0.15) is 0 Å². The Kier molecular flexibility index (Phi) is 4.32. The van der Waals surface area contributed by atoms with Crippen LogP contribution in [-0.4, -0.2) is 13.7 Å². The van der Waals surface area contributed by atoms with Gasteiger partial charge in [0.05, 0.1) is 15.8 Å². The van der Waals surface area contributed by atoms with Crippen LogP contribution in [0.2, 0.25) is 8.67 Å². The first-order valence-corrected chi connectivity index (χ1v) is 5.01. The molecule has 2 nitrogen and oxygen atoms in total. The lowest BCUT2D eigenvalue weighted by Gasteiger charge is -1.99. The molecule has 68 valence electrons. The molecule has 0 unspecified atom stereocenters. The third kappa shape index (κ3) is 2.92. The number of hydrogen-bond donors (Lipinski definition) is 1. The number of hydroxylamine groups is 1. The van der Waals surface area contributed by atoms with E-state index in [0.29, 0.717) is 0 Å². The molecule has 0 aliphatic carbocycles. The standard InChI is InChI=1S/C7H9Cl2NOS/c1-11-10-3-2-5-4-6(8)12-7(5)9/h4,10H,2-3H2,1H3. The zero-order valence-electron chi connectivity index (χ0n) is 6.56. The van der Waals surface area contributed by atoms with Crippen LogP contribution in [0.15, 0.2) is 6.07 Å². The number of rotatable bonds is 4. The third-order valence-corrected chi connectivity index (χ3v) is 2.94. The molecule has 0 bridgehead atoms. The van der Waals surface area contributed by atoms with Gasteiger partial charge in [0, 0.05) is 6.54 Å². The van der Waals surface area contributed by atoms with Crippen LogP contribution in [0.4, 0.5) is 0 Å². The highest BCUT2D eigenvalue weighted by atomic mass is 35.5. The van der Waals surface area contributed by atoms with Crippen molar-refractivity contribution in [1.82, 2.24) is 5.48 Å². The molecule has 0 aliphatic rings. The molecule has 1 aromatic heterocycles. The summed E-state index contributed by atoms with van der Waals surface area (Å²) >= 11 is 13.0. The molecule has 1 N–H and O–H groups in total. The monoisotopic (exact) mass is 225 g/mol. The Morgan fingerprint density at radius 1 is 1.58 bits per heavy atom. The van der Waals surface area contributed by atoms with Crippen LogP contribution in [-0.2, 0) is 11.3 Å². The largest absolute Gasteiger partial charge is 0.305 e. The van der Waals surface area contributed by atoms with Crippen LogP contribution in [0.25, 0.3) is 0 Å². The lowest BCUT2D eigenvalue weighted by Crippen LogP contribution is -2.14. The van der Waals surface area contributed by atoms with Gasteiger partial charge in [0.15, 0.2) is 0 Å². The van der Waals surface area contributed by atoms with Crippen molar-refractivity contribution in [2.24, 2.45) is 0 Å². The van der Waals surface area contributed by atoms with Crippen LogP contribution in [0, 0.1) is 0 Å². The van der Waals surface area contributed by atoms with Crippen molar-refractivity contribution in [2.75, 3.05) is 13.7 Å². The minimum Gasteiger partial charge on any atom is -0.305 e. The minimum atomic E-state index is 0.729. The smallest absolute Gasteiger partial charge is 0.0976 e. The third-order valence-electron chi connectivity index (χ3n) is 1.37. The van der Waals surface area contributed by atoms with E-state index < -0.39 is 0 Å². The zero-order valence-corrected chi connectivity index (χ0v) is 8.89. The Morgan fingerprint density at radius 3 is 2.83 bits per heavy atom. The van der Waals surface area contributed by atoms with Gasteiger partial charge in [-0.1, -0.05) is 23.2 Å². The molecule has 0 saturated carbocycles. The maximum atomic E-state index is 5.89. The van der Waals surface area contributed by atoms with Gasteiger partial charge < -0.3 is 4.84 Å². The van der Waals surface area contributed by atoms with Crippen molar-refractivity contribution in [3.8, 4) is 0 Å². The summed E-state index contributed by atoms with van der Waals surface area (Å²) in [5, 5.41) is 0. The zero-order chi connectivity index (χ0) is 8.97. The fourth-order valence-corrected chi connectivity index (χ4v) is 2.38. The van der Waals surface area contributed by atoms with E-state index in [1.54, 1.807) is 7.11 Å². The van der Waals surface area contributed by atoms with E-state index in [1.807, 2.05) is 6.07 Å². The molecule has 5 heteroatoms. The van der Waals surface area contributed by atoms with E-state index in [4.69, 9.17) is 23.2 Å². The SMILES string of the molecule is CONCCc1cc(Cl)sc1Cl. The second kappa shape index (κ2) is 5.04. The predicted octanol–water partition coefficient (Wildman–Crippen LogP) is 2.75. The van der Waals surface area contributed by atoms with Gasteiger partial charge in [-0.05, 0) is 18.1 Å². The highest BCUT2D eigenvalue weighted by Gasteiger charge is 2.04. The summed E-state index contributed by atoms with van der Waals surface area (Å²) < 4.78 is 1.49. The highest BCUT2D eigenvalue weighted by Crippen LogP contribution is 2.31. The highest BCUT2D eigenvalue weighted by molar-refractivity contribution is 7.20. The first-order valence-electron chi connectivity index (χ1n) is 3.43. The van der Waals surface area contributed by atoms with Gasteiger partial charge in [-0.15, -0.1) is 11.3 Å². The van der Waals surface area contributed by atoms with Crippen molar-refractivity contribution in [3.05, 3.63) is 20.3 Å². The Hall–Kier alpha value is 0.200. The molecular formula is C7H9Cl2NOS. The molecule has 12 heavy (non-hydrogen) atoms. The molecule has 1 aromatic rings. The molecule has 0 atom stereocenters. The van der Waals surface area contributed by atoms with Crippen molar-refractivity contribution in [2.45, 2.75) is 6.42 Å². The molecular weight excluding hydrogens is 217 g/mol. The second-order valence-corrected chi connectivity index (χ2v) is 4.48. The first kappa shape index (κ1) is 10.3. The Labute approximate surface area is 85.4 Å². The first-order chi connectivity index (χ1) is 5.74. The molecule has 1 heterocycles. The molecule has 0 aromatic carbocycles. The van der Waals surface area contributed by atoms with Gasteiger partial charge in [0.1, 0.15) is 0 Å². The van der Waals surface area contributed by atoms with E-state index in [-0.39, 0.29) is 0 Å². The maximum absolute atomic E-state index is 5.89. The van der Waals surface area contributed by atoms with E-state index in [0.717, 1.165) is 27.2 Å². The Balaban J connectivity index is 2.45. The number of hydrogen-bond acceptors (Lipinski definition) is 3. The van der Waals surface area contributed by atoms with Crippen LogP contribution in [0.3, 0.4) is 0 Å². The van der Waals surface area contributed by atoms with Crippen LogP contribution in [0.1, 0.15) is 5.56 Å². The molecule has 0 saturated heterocycles. The summed E-state index contributed by atoms with van der Waals surface area (Å²) in [7, 11) is 1.59. The Morgan fingerprint density at radius 2 is 2.33 bits per heavy atom. The summed E-state index contributed by atoms with van der Waals surface area (Å²) in [5.41, 5.74) is 3.80. The summed E-state index contributed by atoms with van der Waals surface area (Å²) in [4.78, 5) is 4.69.